The molecule has 1 aromatic rings. The van der Waals surface area contributed by atoms with Crippen LogP contribution in [0.15, 0.2) is 30.3 Å². The van der Waals surface area contributed by atoms with Crippen LogP contribution in [-0.4, -0.2) is 58.7 Å². The van der Waals surface area contributed by atoms with Crippen LogP contribution in [-0.2, 0) is 35.2 Å². The molecule has 0 N–H and O–H groups in total. The zero-order chi connectivity index (χ0) is 18.9. The molecule has 2 heterocycles. The summed E-state index contributed by atoms with van der Waals surface area (Å²) in [6, 6.07) is 8.47. The van der Waals surface area contributed by atoms with Crippen molar-refractivity contribution in [3.05, 3.63) is 35.9 Å². The van der Waals surface area contributed by atoms with Crippen LogP contribution >= 0.6 is 11.8 Å². The summed E-state index contributed by atoms with van der Waals surface area (Å²) >= 11 is 1.40. The Balaban J connectivity index is 1.76. The highest BCUT2D eigenvalue weighted by Crippen LogP contribution is 2.52. The topological polar surface area (TPSA) is 82.1 Å². The van der Waals surface area contributed by atoms with E-state index in [2.05, 4.69) is 0 Å². The monoisotopic (exact) mass is 379 g/mol. The molecule has 140 valence electrons. The molecule has 0 spiro atoms. The van der Waals surface area contributed by atoms with Gasteiger partial charge >= 0.3 is 11.9 Å². The van der Waals surface area contributed by atoms with Gasteiger partial charge < -0.3 is 19.1 Å². The van der Waals surface area contributed by atoms with Gasteiger partial charge in [0.25, 0.3) is 5.91 Å². The lowest BCUT2D eigenvalue weighted by Crippen LogP contribution is -2.66. The maximum atomic E-state index is 12.8. The van der Waals surface area contributed by atoms with Crippen molar-refractivity contribution in [2.24, 2.45) is 0 Å². The second-order valence-corrected chi connectivity index (χ2v) is 8.15. The van der Waals surface area contributed by atoms with Gasteiger partial charge in [-0.15, -0.1) is 11.8 Å². The molecule has 8 heteroatoms. The molecule has 2 fully saturated rings. The Morgan fingerprint density at radius 1 is 1.23 bits per heavy atom. The molecular formula is C18H21NO6S. The van der Waals surface area contributed by atoms with E-state index in [-0.39, 0.29) is 24.5 Å². The van der Waals surface area contributed by atoms with Crippen molar-refractivity contribution in [3.63, 3.8) is 0 Å². The minimum atomic E-state index is -0.834. The summed E-state index contributed by atoms with van der Waals surface area (Å²) in [5.74, 6) is -1.20. The van der Waals surface area contributed by atoms with Crippen molar-refractivity contribution in [3.8, 4) is 0 Å². The third-order valence-electron chi connectivity index (χ3n) is 4.54. The number of esters is 2. The number of thioether (sulfide) groups is 1. The van der Waals surface area contributed by atoms with Gasteiger partial charge in [-0.1, -0.05) is 30.3 Å². The first-order valence-corrected chi connectivity index (χ1v) is 9.12. The first-order valence-electron chi connectivity index (χ1n) is 8.24. The highest BCUT2D eigenvalue weighted by molar-refractivity contribution is 8.01. The Hall–Kier alpha value is -2.06. The normalized spacial score (nSPS) is 29.7. The number of carbonyl (C=O) groups is 3. The predicted molar refractivity (Wildman–Crippen MR) is 94.1 cm³/mol. The molecule has 2 saturated heterocycles. The van der Waals surface area contributed by atoms with E-state index in [0.717, 1.165) is 5.56 Å². The van der Waals surface area contributed by atoms with E-state index in [4.69, 9.17) is 14.2 Å². The van der Waals surface area contributed by atoms with Gasteiger partial charge in [0.2, 0.25) is 0 Å². The van der Waals surface area contributed by atoms with E-state index in [1.54, 1.807) is 6.92 Å². The second kappa shape index (κ2) is 7.28. The van der Waals surface area contributed by atoms with E-state index >= 15 is 0 Å². The first-order chi connectivity index (χ1) is 12.4. The molecular weight excluding hydrogens is 358 g/mol. The quantitative estimate of drug-likeness (QED) is 0.545. The van der Waals surface area contributed by atoms with Crippen molar-refractivity contribution in [2.45, 2.75) is 42.7 Å². The number of benzene rings is 1. The summed E-state index contributed by atoms with van der Waals surface area (Å²) in [5.41, 5.74) is 0.856. The van der Waals surface area contributed by atoms with Crippen molar-refractivity contribution < 1.29 is 28.6 Å². The van der Waals surface area contributed by atoms with Crippen molar-refractivity contribution in [1.82, 2.24) is 4.90 Å². The number of ether oxygens (including phenoxy) is 3. The van der Waals surface area contributed by atoms with E-state index in [9.17, 15) is 14.4 Å². The lowest BCUT2D eigenvalue weighted by atomic mass is 9.96. The minimum absolute atomic E-state index is 0.00875. The Bertz CT molecular complexity index is 711. The van der Waals surface area contributed by atoms with Crippen LogP contribution in [0, 0.1) is 0 Å². The molecule has 1 aromatic carbocycles. The van der Waals surface area contributed by atoms with Crippen LogP contribution < -0.4 is 0 Å². The molecule has 0 saturated carbocycles. The molecule has 1 amide bonds. The zero-order valence-corrected chi connectivity index (χ0v) is 15.7. The minimum Gasteiger partial charge on any atom is -0.464 e. The summed E-state index contributed by atoms with van der Waals surface area (Å²) in [6.07, 6.45) is -0.594. The van der Waals surface area contributed by atoms with Crippen LogP contribution in [0.4, 0.5) is 0 Å². The number of hydrogen-bond donors (Lipinski definition) is 0. The van der Waals surface area contributed by atoms with Gasteiger partial charge in [0.15, 0.2) is 6.10 Å². The van der Waals surface area contributed by atoms with E-state index in [1.165, 1.54) is 30.7 Å². The molecule has 7 nitrogen and oxygen atoms in total. The van der Waals surface area contributed by atoms with Gasteiger partial charge in [0.05, 0.1) is 4.75 Å². The summed E-state index contributed by atoms with van der Waals surface area (Å²) in [6.45, 7) is 3.23. The number of methoxy groups -OCH3 is 1. The number of rotatable bonds is 6. The molecule has 26 heavy (non-hydrogen) atoms. The van der Waals surface area contributed by atoms with Gasteiger partial charge in [0.1, 0.15) is 24.6 Å². The summed E-state index contributed by atoms with van der Waals surface area (Å²) in [4.78, 5) is 37.9. The van der Waals surface area contributed by atoms with Crippen LogP contribution in [0.2, 0.25) is 0 Å². The maximum absolute atomic E-state index is 12.8. The van der Waals surface area contributed by atoms with Gasteiger partial charge in [-0.05, 0) is 12.5 Å². The fraction of sp³-hybridized carbons (Fsp3) is 0.500. The smallest absolute Gasteiger partial charge is 0.330 e. The first kappa shape index (κ1) is 18.7. The van der Waals surface area contributed by atoms with Crippen LogP contribution in [0.3, 0.4) is 0 Å². The number of nitrogens with zero attached hydrogens (tertiary/aromatic N) is 1. The zero-order valence-electron chi connectivity index (χ0n) is 14.8. The average molecular weight is 379 g/mol. The Morgan fingerprint density at radius 2 is 1.92 bits per heavy atom. The average Bonchev–Trinajstić information content (AvgIpc) is 2.89. The Labute approximate surface area is 156 Å². The number of hydrogen-bond acceptors (Lipinski definition) is 7. The third kappa shape index (κ3) is 3.31. The van der Waals surface area contributed by atoms with Gasteiger partial charge in [-0.3, -0.25) is 9.59 Å². The number of β-lactam (4-membered cyclic amide) rings is 1. The molecule has 2 aliphatic rings. The summed E-state index contributed by atoms with van der Waals surface area (Å²) < 4.78 is 15.0. The third-order valence-corrected chi connectivity index (χ3v) is 6.14. The standard InChI is InChI=1S/C18H21NO6S/c1-11(20)25-10-18(2)14(19-15(21)13(23-3)16(19)26-18)17(22)24-9-12-7-5-4-6-8-12/h4-8,13-14,16H,9-10H2,1-3H3/t13-,14-,16-,18?/m0/s1. The molecule has 2 aliphatic heterocycles. The molecule has 0 aliphatic carbocycles. The number of carbonyl (C=O) groups excluding carboxylic acids is 3. The lowest BCUT2D eigenvalue weighted by Gasteiger charge is -2.42. The molecule has 4 atom stereocenters. The Morgan fingerprint density at radius 3 is 2.54 bits per heavy atom. The predicted octanol–water partition coefficient (Wildman–Crippen LogP) is 1.35. The molecule has 0 radical (unpaired) electrons. The van der Waals surface area contributed by atoms with Crippen LogP contribution in [0.25, 0.3) is 0 Å². The van der Waals surface area contributed by atoms with Crippen molar-refractivity contribution in [2.75, 3.05) is 13.7 Å². The van der Waals surface area contributed by atoms with Crippen LogP contribution in [0.5, 0.6) is 0 Å². The largest absolute Gasteiger partial charge is 0.464 e. The molecule has 1 unspecified atom stereocenters. The Kier molecular flexibility index (Phi) is 5.24. The highest BCUT2D eigenvalue weighted by atomic mass is 32.2. The number of fused-ring (bicyclic) bond motifs is 1. The van der Waals surface area contributed by atoms with Gasteiger partial charge in [0, 0.05) is 14.0 Å². The fourth-order valence-electron chi connectivity index (χ4n) is 3.23. The summed E-state index contributed by atoms with van der Waals surface area (Å²) in [5, 5.41) is -0.290. The number of amides is 1. The second-order valence-electron chi connectivity index (χ2n) is 6.50. The lowest BCUT2D eigenvalue weighted by molar-refractivity contribution is -0.176. The van der Waals surface area contributed by atoms with E-state index < -0.39 is 28.8 Å². The van der Waals surface area contributed by atoms with E-state index in [1.807, 2.05) is 30.3 Å². The maximum Gasteiger partial charge on any atom is 0.330 e. The fourth-order valence-corrected chi connectivity index (χ4v) is 4.94. The molecule has 0 bridgehead atoms. The molecule has 0 aromatic heterocycles. The van der Waals surface area contributed by atoms with Crippen LogP contribution in [0.1, 0.15) is 19.4 Å². The highest BCUT2D eigenvalue weighted by Gasteiger charge is 2.66. The summed E-state index contributed by atoms with van der Waals surface area (Å²) in [7, 11) is 1.46. The van der Waals surface area contributed by atoms with Gasteiger partial charge in [-0.2, -0.15) is 0 Å². The SMILES string of the molecule is CO[C@H]1C(=O)N2[C@@H](C(=O)OCc3ccccc3)C(C)(COC(C)=O)S[C@@H]12. The van der Waals surface area contributed by atoms with Crippen molar-refractivity contribution in [1.29, 1.82) is 0 Å². The van der Waals surface area contributed by atoms with E-state index in [0.29, 0.717) is 0 Å². The van der Waals surface area contributed by atoms with Gasteiger partial charge in [-0.25, -0.2) is 4.79 Å². The van der Waals surface area contributed by atoms with Crippen molar-refractivity contribution >= 4 is 29.6 Å². The molecule has 3 rings (SSSR count).